The fourth-order valence-electron chi connectivity index (χ4n) is 1.93. The maximum Gasteiger partial charge on any atom is 0.255 e. The van der Waals surface area contributed by atoms with Crippen molar-refractivity contribution < 1.29 is 4.79 Å². The summed E-state index contributed by atoms with van der Waals surface area (Å²) in [6, 6.07) is 13.0. The van der Waals surface area contributed by atoms with E-state index in [1.54, 1.807) is 29.0 Å². The molecule has 1 amide bonds. The predicted octanol–water partition coefficient (Wildman–Crippen LogP) is 3.01. The molecule has 2 aromatic carbocycles. The normalized spacial score (nSPS) is 10.7. The van der Waals surface area contributed by atoms with E-state index < -0.39 is 0 Å². The summed E-state index contributed by atoms with van der Waals surface area (Å²) in [6.45, 7) is 0.476. The predicted molar refractivity (Wildman–Crippen MR) is 81.9 cm³/mol. The Morgan fingerprint density at radius 3 is 2.75 bits per heavy atom. The Labute approximate surface area is 120 Å². The largest absolute Gasteiger partial charge is 0.326 e. The van der Waals surface area contributed by atoms with Crippen molar-refractivity contribution in [3.8, 4) is 0 Å². The highest BCUT2D eigenvalue weighted by molar-refractivity contribution is 7.16. The molecule has 0 unspecified atom stereocenters. The second kappa shape index (κ2) is 5.40. The lowest BCUT2D eigenvalue weighted by atomic mass is 10.1. The zero-order valence-electron chi connectivity index (χ0n) is 10.7. The number of nitrogens with one attached hydrogen (secondary N) is 1. The first-order valence-electron chi connectivity index (χ1n) is 6.20. The van der Waals surface area contributed by atoms with Crippen molar-refractivity contribution >= 4 is 33.1 Å². The number of hydrogen-bond donors (Lipinski definition) is 2. The first kappa shape index (κ1) is 12.8. The smallest absolute Gasteiger partial charge is 0.255 e. The zero-order chi connectivity index (χ0) is 13.9. The number of anilines is 1. The molecule has 0 aliphatic rings. The van der Waals surface area contributed by atoms with E-state index in [2.05, 4.69) is 10.3 Å². The number of rotatable bonds is 3. The Morgan fingerprint density at radius 1 is 1.20 bits per heavy atom. The minimum absolute atomic E-state index is 0.127. The average Bonchev–Trinajstić information content (AvgIpc) is 2.95. The third kappa shape index (κ3) is 2.54. The summed E-state index contributed by atoms with van der Waals surface area (Å²) in [6.07, 6.45) is 0. The minimum atomic E-state index is -0.127. The molecular weight excluding hydrogens is 270 g/mol. The summed E-state index contributed by atoms with van der Waals surface area (Å²) in [4.78, 5) is 16.3. The number of benzene rings is 2. The Kier molecular flexibility index (Phi) is 3.45. The summed E-state index contributed by atoms with van der Waals surface area (Å²) >= 11 is 1.55. The topological polar surface area (TPSA) is 68.0 Å². The van der Waals surface area contributed by atoms with Gasteiger partial charge >= 0.3 is 0 Å². The van der Waals surface area contributed by atoms with Gasteiger partial charge in [-0.2, -0.15) is 0 Å². The highest BCUT2D eigenvalue weighted by Crippen LogP contribution is 2.22. The quantitative estimate of drug-likeness (QED) is 0.776. The maximum atomic E-state index is 12.1. The van der Waals surface area contributed by atoms with E-state index in [1.807, 2.05) is 30.3 Å². The van der Waals surface area contributed by atoms with Crippen LogP contribution < -0.4 is 11.1 Å². The summed E-state index contributed by atoms with van der Waals surface area (Å²) in [5.41, 5.74) is 10.7. The van der Waals surface area contributed by atoms with E-state index in [4.69, 9.17) is 5.73 Å². The number of hydrogen-bond acceptors (Lipinski definition) is 4. The molecule has 0 aliphatic carbocycles. The lowest BCUT2D eigenvalue weighted by Crippen LogP contribution is -2.11. The van der Waals surface area contributed by atoms with Gasteiger partial charge in [0.05, 0.1) is 15.7 Å². The molecule has 0 spiro atoms. The second-order valence-electron chi connectivity index (χ2n) is 4.39. The highest BCUT2D eigenvalue weighted by Gasteiger charge is 2.07. The van der Waals surface area contributed by atoms with Crippen LogP contribution in [-0.2, 0) is 6.54 Å². The van der Waals surface area contributed by atoms with Crippen molar-refractivity contribution in [1.29, 1.82) is 0 Å². The summed E-state index contributed by atoms with van der Waals surface area (Å²) in [5.74, 6) is -0.127. The van der Waals surface area contributed by atoms with Crippen LogP contribution in [0.3, 0.4) is 0 Å². The minimum Gasteiger partial charge on any atom is -0.326 e. The Hall–Kier alpha value is -2.24. The molecule has 0 fully saturated rings. The first-order valence-corrected chi connectivity index (χ1v) is 7.08. The van der Waals surface area contributed by atoms with Crippen LogP contribution >= 0.6 is 11.3 Å². The van der Waals surface area contributed by atoms with E-state index in [9.17, 15) is 4.79 Å². The summed E-state index contributed by atoms with van der Waals surface area (Å²) in [7, 11) is 0. The number of aromatic nitrogens is 1. The second-order valence-corrected chi connectivity index (χ2v) is 5.28. The Balaban J connectivity index is 1.80. The van der Waals surface area contributed by atoms with Crippen molar-refractivity contribution in [2.24, 2.45) is 5.73 Å². The molecule has 5 heteroatoms. The molecule has 3 aromatic rings. The number of amides is 1. The van der Waals surface area contributed by atoms with Crippen molar-refractivity contribution in [1.82, 2.24) is 4.98 Å². The summed E-state index contributed by atoms with van der Waals surface area (Å²) in [5, 5.41) is 2.89. The average molecular weight is 283 g/mol. The van der Waals surface area contributed by atoms with Gasteiger partial charge in [-0.05, 0) is 35.9 Å². The Bertz CT molecular complexity index is 749. The lowest BCUT2D eigenvalue weighted by molar-refractivity contribution is 0.102. The highest BCUT2D eigenvalue weighted by atomic mass is 32.1. The molecule has 3 rings (SSSR count). The van der Waals surface area contributed by atoms with Crippen LogP contribution in [0.5, 0.6) is 0 Å². The number of thiazole rings is 1. The van der Waals surface area contributed by atoms with Gasteiger partial charge in [0, 0.05) is 17.8 Å². The summed E-state index contributed by atoms with van der Waals surface area (Å²) < 4.78 is 1.06. The van der Waals surface area contributed by atoms with Crippen molar-refractivity contribution in [3.05, 3.63) is 59.1 Å². The zero-order valence-corrected chi connectivity index (χ0v) is 11.5. The SMILES string of the molecule is NCc1ccc(C(=O)Nc2ccc3ncsc3c2)cc1. The van der Waals surface area contributed by atoms with Gasteiger partial charge in [0.15, 0.2) is 0 Å². The van der Waals surface area contributed by atoms with E-state index >= 15 is 0 Å². The van der Waals surface area contributed by atoms with Gasteiger partial charge in [-0.3, -0.25) is 4.79 Å². The first-order chi connectivity index (χ1) is 9.76. The molecule has 1 heterocycles. The fraction of sp³-hybridized carbons (Fsp3) is 0.0667. The van der Waals surface area contributed by atoms with E-state index in [0.717, 1.165) is 21.5 Å². The van der Waals surface area contributed by atoms with Gasteiger partial charge in [-0.1, -0.05) is 12.1 Å². The fourth-order valence-corrected chi connectivity index (χ4v) is 2.64. The van der Waals surface area contributed by atoms with E-state index in [0.29, 0.717) is 12.1 Å². The van der Waals surface area contributed by atoms with Gasteiger partial charge < -0.3 is 11.1 Å². The number of carbonyl (C=O) groups is 1. The molecule has 0 saturated heterocycles. The molecule has 3 N–H and O–H groups in total. The third-order valence-electron chi connectivity index (χ3n) is 3.04. The number of nitrogens with zero attached hydrogens (tertiary/aromatic N) is 1. The van der Waals surface area contributed by atoms with Gasteiger partial charge in [-0.25, -0.2) is 4.98 Å². The van der Waals surface area contributed by atoms with Crippen LogP contribution in [0, 0.1) is 0 Å². The Morgan fingerprint density at radius 2 is 2.00 bits per heavy atom. The van der Waals surface area contributed by atoms with Gasteiger partial charge in [0.2, 0.25) is 0 Å². The van der Waals surface area contributed by atoms with Crippen LogP contribution in [0.1, 0.15) is 15.9 Å². The lowest BCUT2D eigenvalue weighted by Gasteiger charge is -2.06. The van der Waals surface area contributed by atoms with Gasteiger partial charge in [-0.15, -0.1) is 11.3 Å². The van der Waals surface area contributed by atoms with Crippen LogP contribution in [0.2, 0.25) is 0 Å². The van der Waals surface area contributed by atoms with Crippen molar-refractivity contribution in [2.75, 3.05) is 5.32 Å². The number of carbonyl (C=O) groups excluding carboxylic acids is 1. The standard InChI is InChI=1S/C15H13N3OS/c16-8-10-1-3-11(4-2-10)15(19)18-12-5-6-13-14(7-12)20-9-17-13/h1-7,9H,8,16H2,(H,18,19). The number of fused-ring (bicyclic) bond motifs is 1. The molecule has 20 heavy (non-hydrogen) atoms. The van der Waals surface area contributed by atoms with Crippen LogP contribution in [0.4, 0.5) is 5.69 Å². The third-order valence-corrected chi connectivity index (χ3v) is 3.83. The van der Waals surface area contributed by atoms with E-state index in [-0.39, 0.29) is 5.91 Å². The molecule has 0 atom stereocenters. The van der Waals surface area contributed by atoms with Crippen LogP contribution in [0.15, 0.2) is 48.0 Å². The monoisotopic (exact) mass is 283 g/mol. The number of nitrogens with two attached hydrogens (primary N) is 1. The maximum absolute atomic E-state index is 12.1. The molecule has 0 radical (unpaired) electrons. The van der Waals surface area contributed by atoms with Crippen molar-refractivity contribution in [3.63, 3.8) is 0 Å². The molecular formula is C15H13N3OS. The van der Waals surface area contributed by atoms with Gasteiger partial charge in [0.1, 0.15) is 0 Å². The molecule has 0 saturated carbocycles. The van der Waals surface area contributed by atoms with Crippen LogP contribution in [0.25, 0.3) is 10.2 Å². The molecule has 1 aromatic heterocycles. The molecule has 4 nitrogen and oxygen atoms in total. The van der Waals surface area contributed by atoms with Crippen LogP contribution in [-0.4, -0.2) is 10.9 Å². The van der Waals surface area contributed by atoms with E-state index in [1.165, 1.54) is 0 Å². The van der Waals surface area contributed by atoms with Crippen molar-refractivity contribution in [2.45, 2.75) is 6.54 Å². The molecule has 0 aliphatic heterocycles. The molecule has 100 valence electrons. The van der Waals surface area contributed by atoms with Gasteiger partial charge in [0.25, 0.3) is 5.91 Å². The molecule has 0 bridgehead atoms.